The van der Waals surface area contributed by atoms with Gasteiger partial charge in [-0.1, -0.05) is 26.8 Å². The lowest BCUT2D eigenvalue weighted by molar-refractivity contribution is -0.137. The van der Waals surface area contributed by atoms with E-state index in [1.165, 1.54) is 6.07 Å². The van der Waals surface area contributed by atoms with E-state index in [1.807, 2.05) is 20.8 Å². The number of aromatic hydroxyl groups is 1. The molecule has 0 fully saturated rings. The standard InChI is InChI=1S/C19H20F3N3O2/c1-18(2,3)13-8-11(6-7-26)9-16(17(13)27)25-23-14-5-4-12(19(20,21)22)10-15(14)24-25/h4-5,8-10,26-27H,6-7H2,1-3H3. The Kier molecular flexibility index (Phi) is 4.63. The monoisotopic (exact) mass is 379 g/mol. The fourth-order valence-corrected chi connectivity index (χ4v) is 2.87. The van der Waals surface area contributed by atoms with Crippen LogP contribution in [-0.2, 0) is 18.0 Å². The fourth-order valence-electron chi connectivity index (χ4n) is 2.87. The van der Waals surface area contributed by atoms with Crippen molar-refractivity contribution in [2.75, 3.05) is 6.61 Å². The number of fused-ring (bicyclic) bond motifs is 1. The molecule has 0 aliphatic heterocycles. The number of aliphatic hydroxyl groups is 1. The summed E-state index contributed by atoms with van der Waals surface area (Å²) < 4.78 is 38.7. The maximum atomic E-state index is 12.9. The van der Waals surface area contributed by atoms with E-state index >= 15 is 0 Å². The largest absolute Gasteiger partial charge is 0.505 e. The van der Waals surface area contributed by atoms with Crippen molar-refractivity contribution in [2.24, 2.45) is 0 Å². The van der Waals surface area contributed by atoms with Gasteiger partial charge in [0.15, 0.2) is 0 Å². The van der Waals surface area contributed by atoms with Gasteiger partial charge in [0.2, 0.25) is 0 Å². The molecule has 0 aliphatic rings. The topological polar surface area (TPSA) is 71.2 Å². The number of benzene rings is 2. The molecule has 0 spiro atoms. The average molecular weight is 379 g/mol. The molecule has 2 aromatic carbocycles. The molecule has 8 heteroatoms. The van der Waals surface area contributed by atoms with Crippen molar-refractivity contribution in [1.29, 1.82) is 0 Å². The molecule has 27 heavy (non-hydrogen) atoms. The van der Waals surface area contributed by atoms with Crippen LogP contribution in [0.4, 0.5) is 13.2 Å². The minimum Gasteiger partial charge on any atom is -0.505 e. The summed E-state index contributed by atoms with van der Waals surface area (Å²) in [6.07, 6.45) is -4.10. The van der Waals surface area contributed by atoms with Crippen molar-refractivity contribution in [3.63, 3.8) is 0 Å². The number of rotatable bonds is 3. The molecule has 0 saturated carbocycles. The molecule has 5 nitrogen and oxygen atoms in total. The number of aromatic nitrogens is 3. The quantitative estimate of drug-likeness (QED) is 0.722. The lowest BCUT2D eigenvalue weighted by Gasteiger charge is -2.23. The Morgan fingerprint density at radius 3 is 2.26 bits per heavy atom. The maximum absolute atomic E-state index is 12.9. The summed E-state index contributed by atoms with van der Waals surface area (Å²) in [6, 6.07) is 6.56. The fraction of sp³-hybridized carbons (Fsp3) is 0.368. The molecule has 144 valence electrons. The second-order valence-corrected chi connectivity index (χ2v) is 7.43. The first kappa shape index (κ1) is 19.2. The molecule has 1 heterocycles. The van der Waals surface area contributed by atoms with Gasteiger partial charge in [0, 0.05) is 12.2 Å². The van der Waals surface area contributed by atoms with Crippen LogP contribution in [-0.4, -0.2) is 31.8 Å². The summed E-state index contributed by atoms with van der Waals surface area (Å²) in [6.45, 7) is 5.71. The highest BCUT2D eigenvalue weighted by Crippen LogP contribution is 2.37. The van der Waals surface area contributed by atoms with Gasteiger partial charge in [-0.2, -0.15) is 13.2 Å². The van der Waals surface area contributed by atoms with Gasteiger partial charge in [-0.15, -0.1) is 15.0 Å². The summed E-state index contributed by atoms with van der Waals surface area (Å²) in [7, 11) is 0. The molecule has 3 aromatic rings. The zero-order valence-corrected chi connectivity index (χ0v) is 15.2. The lowest BCUT2D eigenvalue weighted by Crippen LogP contribution is -2.14. The van der Waals surface area contributed by atoms with Gasteiger partial charge in [-0.25, -0.2) is 0 Å². The third-order valence-corrected chi connectivity index (χ3v) is 4.28. The average Bonchev–Trinajstić information content (AvgIpc) is 2.97. The predicted octanol–water partition coefficient (Wildman–Crippen LogP) is 3.98. The first-order valence-electron chi connectivity index (χ1n) is 8.42. The van der Waals surface area contributed by atoms with Crippen molar-refractivity contribution in [3.05, 3.63) is 47.0 Å². The highest BCUT2D eigenvalue weighted by atomic mass is 19.4. The van der Waals surface area contributed by atoms with Gasteiger partial charge in [0.1, 0.15) is 22.5 Å². The van der Waals surface area contributed by atoms with Crippen LogP contribution in [0.3, 0.4) is 0 Å². The zero-order chi connectivity index (χ0) is 20.0. The Hall–Kier alpha value is -2.61. The molecular formula is C19H20F3N3O2. The number of alkyl halides is 3. The number of nitrogens with zero attached hydrogens (tertiary/aromatic N) is 3. The number of halogens is 3. The van der Waals surface area contributed by atoms with E-state index in [-0.39, 0.29) is 34.5 Å². The van der Waals surface area contributed by atoms with Crippen LogP contribution >= 0.6 is 0 Å². The van der Waals surface area contributed by atoms with E-state index in [1.54, 1.807) is 12.1 Å². The van der Waals surface area contributed by atoms with Crippen molar-refractivity contribution in [2.45, 2.75) is 38.8 Å². The van der Waals surface area contributed by atoms with Gasteiger partial charge in [0.05, 0.1) is 5.56 Å². The lowest BCUT2D eigenvalue weighted by atomic mass is 9.84. The van der Waals surface area contributed by atoms with Gasteiger partial charge < -0.3 is 10.2 Å². The van der Waals surface area contributed by atoms with E-state index in [0.717, 1.165) is 22.5 Å². The van der Waals surface area contributed by atoms with Crippen LogP contribution in [0.5, 0.6) is 5.75 Å². The van der Waals surface area contributed by atoms with Crippen molar-refractivity contribution < 1.29 is 23.4 Å². The minimum atomic E-state index is -4.47. The number of hydrogen-bond acceptors (Lipinski definition) is 4. The Balaban J connectivity index is 2.19. The second-order valence-electron chi connectivity index (χ2n) is 7.43. The van der Waals surface area contributed by atoms with Gasteiger partial charge >= 0.3 is 6.18 Å². The number of hydrogen-bond donors (Lipinski definition) is 2. The summed E-state index contributed by atoms with van der Waals surface area (Å²) in [4.78, 5) is 1.14. The maximum Gasteiger partial charge on any atom is 0.416 e. The molecule has 3 rings (SSSR count). The molecule has 0 unspecified atom stereocenters. The molecule has 0 bridgehead atoms. The molecule has 0 aliphatic carbocycles. The third-order valence-electron chi connectivity index (χ3n) is 4.28. The summed E-state index contributed by atoms with van der Waals surface area (Å²) in [5.74, 6) is -0.0412. The molecule has 0 saturated heterocycles. The number of aliphatic hydroxyl groups excluding tert-OH is 1. The summed E-state index contributed by atoms with van der Waals surface area (Å²) in [5, 5.41) is 28.3. The molecule has 0 radical (unpaired) electrons. The van der Waals surface area contributed by atoms with Gasteiger partial charge in [-0.3, -0.25) is 0 Å². The Morgan fingerprint density at radius 1 is 1.00 bits per heavy atom. The predicted molar refractivity (Wildman–Crippen MR) is 95.0 cm³/mol. The van der Waals surface area contributed by atoms with Crippen molar-refractivity contribution in [3.8, 4) is 11.4 Å². The zero-order valence-electron chi connectivity index (χ0n) is 15.2. The number of phenolic OH excluding ortho intramolecular Hbond substituents is 1. The van der Waals surface area contributed by atoms with E-state index in [9.17, 15) is 23.4 Å². The molecule has 0 atom stereocenters. The smallest absolute Gasteiger partial charge is 0.416 e. The first-order chi connectivity index (χ1) is 12.5. The van der Waals surface area contributed by atoms with Crippen molar-refractivity contribution in [1.82, 2.24) is 15.0 Å². The molecular weight excluding hydrogens is 359 g/mol. The van der Waals surface area contributed by atoms with Crippen LogP contribution < -0.4 is 0 Å². The van der Waals surface area contributed by atoms with Crippen molar-refractivity contribution >= 4 is 11.0 Å². The van der Waals surface area contributed by atoms with E-state index < -0.39 is 11.7 Å². The Labute approximate surface area is 154 Å². The minimum absolute atomic E-state index is 0.0412. The van der Waals surface area contributed by atoms with Crippen LogP contribution in [0, 0.1) is 0 Å². The highest BCUT2D eigenvalue weighted by Gasteiger charge is 2.31. The van der Waals surface area contributed by atoms with Crippen LogP contribution in [0.2, 0.25) is 0 Å². The highest BCUT2D eigenvalue weighted by molar-refractivity contribution is 5.75. The molecule has 1 aromatic heterocycles. The third kappa shape index (κ3) is 3.75. The SMILES string of the molecule is CC(C)(C)c1cc(CCO)cc(-n2nc3ccc(C(F)(F)F)cc3n2)c1O. The molecule has 2 N–H and O–H groups in total. The summed E-state index contributed by atoms with van der Waals surface area (Å²) in [5.41, 5.74) is 0.835. The first-order valence-corrected chi connectivity index (χ1v) is 8.42. The van der Waals surface area contributed by atoms with Gasteiger partial charge in [-0.05, 0) is 41.7 Å². The van der Waals surface area contributed by atoms with Crippen LogP contribution in [0.15, 0.2) is 30.3 Å². The van der Waals surface area contributed by atoms with Crippen LogP contribution in [0.25, 0.3) is 16.7 Å². The van der Waals surface area contributed by atoms with E-state index in [4.69, 9.17) is 0 Å². The van der Waals surface area contributed by atoms with E-state index in [2.05, 4.69) is 10.2 Å². The van der Waals surface area contributed by atoms with E-state index in [0.29, 0.717) is 12.0 Å². The second kappa shape index (κ2) is 6.53. The van der Waals surface area contributed by atoms with Gasteiger partial charge in [0.25, 0.3) is 0 Å². The Bertz CT molecular complexity index is 988. The Morgan fingerprint density at radius 2 is 1.67 bits per heavy atom. The normalized spacial score (nSPS) is 12.7. The number of phenols is 1. The van der Waals surface area contributed by atoms with Crippen LogP contribution in [0.1, 0.15) is 37.5 Å². The summed E-state index contributed by atoms with van der Waals surface area (Å²) >= 11 is 0. The molecule has 0 amide bonds.